The Kier molecular flexibility index (Phi) is 5.19. The summed E-state index contributed by atoms with van der Waals surface area (Å²) in [4.78, 5) is 18.8. The number of hydrogen-bond acceptors (Lipinski definition) is 5. The molecular weight excluding hydrogens is 352 g/mol. The minimum absolute atomic E-state index is 0.194. The zero-order valence-corrected chi connectivity index (χ0v) is 14.3. The van der Waals surface area contributed by atoms with Crippen LogP contribution in [0.15, 0.2) is 28.7 Å². The SMILES string of the molecule is CCN(C)c1nc(N)c(C(=O)NCc2cccc(Br)c2)s1. The van der Waals surface area contributed by atoms with Gasteiger partial charge in [-0.2, -0.15) is 0 Å². The first-order valence-electron chi connectivity index (χ1n) is 6.51. The first-order chi connectivity index (χ1) is 10.0. The second-order valence-electron chi connectivity index (χ2n) is 4.54. The number of thiazole rings is 1. The fraction of sp³-hybridized carbons (Fsp3) is 0.286. The molecule has 0 aliphatic heterocycles. The number of benzene rings is 1. The van der Waals surface area contributed by atoms with Gasteiger partial charge < -0.3 is 16.0 Å². The van der Waals surface area contributed by atoms with Crippen molar-refractivity contribution in [3.63, 3.8) is 0 Å². The number of carbonyl (C=O) groups excluding carboxylic acids is 1. The van der Waals surface area contributed by atoms with Gasteiger partial charge in [0.25, 0.3) is 5.91 Å². The minimum atomic E-state index is -0.194. The molecule has 1 heterocycles. The molecule has 2 aromatic rings. The zero-order chi connectivity index (χ0) is 15.4. The minimum Gasteiger partial charge on any atom is -0.382 e. The number of carbonyl (C=O) groups is 1. The van der Waals surface area contributed by atoms with Gasteiger partial charge in [0.1, 0.15) is 10.7 Å². The molecule has 21 heavy (non-hydrogen) atoms. The van der Waals surface area contributed by atoms with Crippen LogP contribution in [0.25, 0.3) is 0 Å². The van der Waals surface area contributed by atoms with Crippen LogP contribution in [0.3, 0.4) is 0 Å². The van der Waals surface area contributed by atoms with E-state index < -0.39 is 0 Å². The van der Waals surface area contributed by atoms with E-state index in [0.717, 1.165) is 21.7 Å². The van der Waals surface area contributed by atoms with Crippen molar-refractivity contribution in [1.82, 2.24) is 10.3 Å². The predicted octanol–water partition coefficient (Wildman–Crippen LogP) is 2.87. The summed E-state index contributed by atoms with van der Waals surface area (Å²) in [6.07, 6.45) is 0. The highest BCUT2D eigenvalue weighted by Gasteiger charge is 2.17. The van der Waals surface area contributed by atoms with Gasteiger partial charge in [-0.3, -0.25) is 4.79 Å². The number of rotatable bonds is 5. The Balaban J connectivity index is 2.05. The van der Waals surface area contributed by atoms with Gasteiger partial charge in [0.2, 0.25) is 0 Å². The first kappa shape index (κ1) is 15.8. The van der Waals surface area contributed by atoms with E-state index in [1.54, 1.807) is 0 Å². The highest BCUT2D eigenvalue weighted by Crippen LogP contribution is 2.27. The maximum atomic E-state index is 12.2. The molecule has 5 nitrogen and oxygen atoms in total. The van der Waals surface area contributed by atoms with Gasteiger partial charge in [-0.05, 0) is 24.6 Å². The number of hydrogen-bond donors (Lipinski definition) is 2. The third kappa shape index (κ3) is 3.95. The number of anilines is 2. The summed E-state index contributed by atoms with van der Waals surface area (Å²) >= 11 is 4.71. The molecule has 0 fully saturated rings. The van der Waals surface area contributed by atoms with E-state index in [4.69, 9.17) is 5.73 Å². The van der Waals surface area contributed by atoms with Gasteiger partial charge in [0.15, 0.2) is 5.13 Å². The largest absolute Gasteiger partial charge is 0.382 e. The first-order valence-corrected chi connectivity index (χ1v) is 8.12. The molecule has 2 rings (SSSR count). The summed E-state index contributed by atoms with van der Waals surface area (Å²) in [6.45, 7) is 3.28. The third-order valence-electron chi connectivity index (χ3n) is 2.99. The second-order valence-corrected chi connectivity index (χ2v) is 6.43. The van der Waals surface area contributed by atoms with Crippen LogP contribution in [0.1, 0.15) is 22.2 Å². The summed E-state index contributed by atoms with van der Waals surface area (Å²) in [6, 6.07) is 7.80. The van der Waals surface area contributed by atoms with Crippen LogP contribution in [-0.2, 0) is 6.54 Å². The van der Waals surface area contributed by atoms with E-state index in [0.29, 0.717) is 11.4 Å². The average Bonchev–Trinajstić information content (AvgIpc) is 2.86. The molecule has 7 heteroatoms. The summed E-state index contributed by atoms with van der Waals surface area (Å²) in [5.41, 5.74) is 6.85. The lowest BCUT2D eigenvalue weighted by molar-refractivity contribution is 0.0955. The summed E-state index contributed by atoms with van der Waals surface area (Å²) in [7, 11) is 1.92. The molecule has 0 atom stereocenters. The van der Waals surface area contributed by atoms with Gasteiger partial charge in [0, 0.05) is 24.6 Å². The number of nitrogens with zero attached hydrogens (tertiary/aromatic N) is 2. The molecule has 1 aromatic carbocycles. The third-order valence-corrected chi connectivity index (χ3v) is 4.67. The van der Waals surface area contributed by atoms with Crippen molar-refractivity contribution < 1.29 is 4.79 Å². The molecule has 0 radical (unpaired) electrons. The number of halogens is 1. The van der Waals surface area contributed by atoms with Crippen LogP contribution in [0.5, 0.6) is 0 Å². The number of amides is 1. The van der Waals surface area contributed by atoms with Crippen molar-refractivity contribution in [2.45, 2.75) is 13.5 Å². The predicted molar refractivity (Wildman–Crippen MR) is 90.8 cm³/mol. The van der Waals surface area contributed by atoms with E-state index >= 15 is 0 Å². The fourth-order valence-corrected chi connectivity index (χ4v) is 3.06. The molecule has 1 amide bonds. The van der Waals surface area contributed by atoms with Crippen molar-refractivity contribution in [2.75, 3.05) is 24.2 Å². The lowest BCUT2D eigenvalue weighted by atomic mass is 10.2. The van der Waals surface area contributed by atoms with E-state index in [9.17, 15) is 4.79 Å². The molecule has 0 aliphatic carbocycles. The lowest BCUT2D eigenvalue weighted by Crippen LogP contribution is -2.22. The van der Waals surface area contributed by atoms with Crippen molar-refractivity contribution in [3.8, 4) is 0 Å². The maximum absolute atomic E-state index is 12.2. The highest BCUT2D eigenvalue weighted by molar-refractivity contribution is 9.10. The Morgan fingerprint density at radius 1 is 1.52 bits per heavy atom. The average molecular weight is 369 g/mol. The van der Waals surface area contributed by atoms with Gasteiger partial charge >= 0.3 is 0 Å². The van der Waals surface area contributed by atoms with Gasteiger partial charge in [-0.15, -0.1) is 0 Å². The number of nitrogen functional groups attached to an aromatic ring is 1. The lowest BCUT2D eigenvalue weighted by Gasteiger charge is -2.10. The molecule has 112 valence electrons. The quantitative estimate of drug-likeness (QED) is 0.850. The molecule has 0 bridgehead atoms. The Bertz CT molecular complexity index is 644. The highest BCUT2D eigenvalue weighted by atomic mass is 79.9. The molecule has 0 spiro atoms. The monoisotopic (exact) mass is 368 g/mol. The van der Waals surface area contributed by atoms with Crippen LogP contribution in [-0.4, -0.2) is 24.5 Å². The van der Waals surface area contributed by atoms with Crippen LogP contribution < -0.4 is 16.0 Å². The number of nitrogens with one attached hydrogen (secondary N) is 1. The van der Waals surface area contributed by atoms with Crippen molar-refractivity contribution in [3.05, 3.63) is 39.2 Å². The van der Waals surface area contributed by atoms with E-state index in [1.807, 2.05) is 43.1 Å². The normalized spacial score (nSPS) is 10.4. The van der Waals surface area contributed by atoms with E-state index in [1.165, 1.54) is 11.3 Å². The molecule has 0 saturated heterocycles. The Hall–Kier alpha value is -1.60. The van der Waals surface area contributed by atoms with Crippen LogP contribution in [0, 0.1) is 0 Å². The summed E-state index contributed by atoms with van der Waals surface area (Å²) in [5.74, 6) is 0.0859. The van der Waals surface area contributed by atoms with Gasteiger partial charge in [-0.1, -0.05) is 39.4 Å². The van der Waals surface area contributed by atoms with Gasteiger partial charge in [-0.25, -0.2) is 4.98 Å². The number of aromatic nitrogens is 1. The van der Waals surface area contributed by atoms with Crippen LogP contribution in [0.4, 0.5) is 10.9 Å². The zero-order valence-electron chi connectivity index (χ0n) is 11.9. The topological polar surface area (TPSA) is 71.2 Å². The Morgan fingerprint density at radius 3 is 2.95 bits per heavy atom. The summed E-state index contributed by atoms with van der Waals surface area (Å²) < 4.78 is 0.985. The molecule has 3 N–H and O–H groups in total. The smallest absolute Gasteiger partial charge is 0.265 e. The Labute approximate surface area is 136 Å². The number of nitrogens with two attached hydrogens (primary N) is 1. The standard InChI is InChI=1S/C14H17BrN4OS/c1-3-19(2)14-18-12(16)11(21-14)13(20)17-8-9-5-4-6-10(15)7-9/h4-7H,3,8,16H2,1-2H3,(H,17,20). The molecule has 0 saturated carbocycles. The van der Waals surface area contributed by atoms with E-state index in [-0.39, 0.29) is 11.7 Å². The fourth-order valence-electron chi connectivity index (χ4n) is 1.69. The summed E-state index contributed by atoms with van der Waals surface area (Å²) in [5, 5.41) is 3.62. The van der Waals surface area contributed by atoms with Crippen molar-refractivity contribution in [2.24, 2.45) is 0 Å². The van der Waals surface area contributed by atoms with Gasteiger partial charge in [0.05, 0.1) is 0 Å². The van der Waals surface area contributed by atoms with Crippen molar-refractivity contribution >= 4 is 44.1 Å². The van der Waals surface area contributed by atoms with Crippen molar-refractivity contribution in [1.29, 1.82) is 0 Å². The molecule has 0 unspecified atom stereocenters. The molecule has 0 aliphatic rings. The maximum Gasteiger partial charge on any atom is 0.265 e. The second kappa shape index (κ2) is 6.91. The van der Waals surface area contributed by atoms with Crippen LogP contribution in [0.2, 0.25) is 0 Å². The van der Waals surface area contributed by atoms with Crippen LogP contribution >= 0.6 is 27.3 Å². The molecular formula is C14H17BrN4OS. The Morgan fingerprint density at radius 2 is 2.29 bits per heavy atom. The molecule has 1 aromatic heterocycles. The van der Waals surface area contributed by atoms with E-state index in [2.05, 4.69) is 26.2 Å².